The molecule has 1 radical (unpaired) electrons. The van der Waals surface area contributed by atoms with Gasteiger partial charge in [0, 0.05) is 32.7 Å². The number of rotatable bonds is 0. The molecule has 0 amide bonds. The molecule has 0 atom stereocenters. The van der Waals surface area contributed by atoms with E-state index < -0.39 is 0 Å². The van der Waals surface area contributed by atoms with Crippen molar-refractivity contribution in [1.29, 1.82) is 0 Å². The molecule has 0 aliphatic rings. The van der Waals surface area contributed by atoms with E-state index in [9.17, 15) is 1.12 Å². The van der Waals surface area contributed by atoms with Crippen molar-refractivity contribution in [2.75, 3.05) is 0 Å². The molecule has 0 fully saturated rings. The van der Waals surface area contributed by atoms with Crippen LogP contribution in [0.4, 0.5) is 1.12 Å². The topological polar surface area (TPSA) is 0 Å². The Labute approximate surface area is 117 Å². The first kappa shape index (κ1) is 15.7. The second-order valence-electron chi connectivity index (χ2n) is 0. The van der Waals surface area contributed by atoms with Crippen molar-refractivity contribution < 1.29 is 72.5 Å². The van der Waals surface area contributed by atoms with E-state index in [2.05, 4.69) is 0 Å². The van der Waals surface area contributed by atoms with E-state index >= 15 is 0 Å². The van der Waals surface area contributed by atoms with E-state index in [0.717, 1.165) is 0 Å². The maximum atomic E-state index is 9.53. The van der Waals surface area contributed by atoms with Gasteiger partial charge in [-0.25, -0.2) is 0 Å². The third-order valence-electron chi connectivity index (χ3n) is 0. The molecule has 0 rings (SSSR count). The summed E-state index contributed by atoms with van der Waals surface area (Å²) in [6.45, 7) is 0. The van der Waals surface area contributed by atoms with Crippen LogP contribution >= 0.6 is 0 Å². The summed E-state index contributed by atoms with van der Waals surface area (Å²) in [4.78, 5) is 0. The van der Waals surface area contributed by atoms with E-state index in [-0.39, 0.29) is 81.6 Å². The van der Waals surface area contributed by atoms with E-state index in [1.54, 1.807) is 0 Å². The average Bonchev–Trinajstić information content (AvgIpc) is 1.00. The van der Waals surface area contributed by atoms with Crippen LogP contribution in [-0.2, 0) is 32.7 Å². The van der Waals surface area contributed by atoms with Crippen LogP contribution in [0.1, 0.15) is 0 Å². The Balaban J connectivity index is -0.00000000500. The molecule has 4 heteroatoms. The molecule has 0 saturated heterocycles. The van der Waals surface area contributed by atoms with Gasteiger partial charge in [-0.05, 0) is 0 Å². The summed E-state index contributed by atoms with van der Waals surface area (Å²) in [5.74, 6) is 0. The summed E-state index contributed by atoms with van der Waals surface area (Å²) in [6.07, 6.45) is 0. The van der Waals surface area contributed by atoms with Crippen molar-refractivity contribution >= 4 is 48.9 Å². The Bertz CT molecular complexity index is 8.00. The summed E-state index contributed by atoms with van der Waals surface area (Å²) in [6, 6.07) is 0. The van der Waals surface area contributed by atoms with Crippen molar-refractivity contribution in [1.82, 2.24) is 0 Å². The molecule has 0 bridgehead atoms. The van der Waals surface area contributed by atoms with Crippen molar-refractivity contribution in [3.05, 3.63) is 0 Å². The first-order valence-corrected chi connectivity index (χ1v) is 0.991. The number of hydrogen-bond donors (Lipinski definition) is 0. The quantitative estimate of drug-likeness (QED) is 0.478. The normalized spacial score (nSPS) is 1.50. The van der Waals surface area contributed by atoms with Gasteiger partial charge in [0.1, 0.15) is 0 Å². The van der Waals surface area contributed by atoms with Gasteiger partial charge in [0.25, 0.3) is 0 Å². The minimum Gasteiger partial charge on any atom is 0 e. The van der Waals surface area contributed by atoms with Crippen molar-refractivity contribution in [3.63, 3.8) is 0 Å². The number of halogens is 1. The van der Waals surface area contributed by atoms with Gasteiger partial charge in [-0.1, -0.05) is 0 Å². The van der Waals surface area contributed by atoms with Crippen LogP contribution in [0.2, 0.25) is 0 Å². The first-order valence-electron chi connectivity index (χ1n) is 0.134. The van der Waals surface area contributed by atoms with Crippen LogP contribution in [0.15, 0.2) is 0 Å². The van der Waals surface area contributed by atoms with Crippen molar-refractivity contribution in [3.8, 4) is 0 Å². The van der Waals surface area contributed by atoms with Crippen LogP contribution in [0.5, 0.6) is 0 Å². The number of hydrogen-bond acceptors (Lipinski definition) is 0. The fourth-order valence-electron chi connectivity index (χ4n) is 0. The van der Waals surface area contributed by atoms with Gasteiger partial charge in [-0.2, -0.15) is 0 Å². The Morgan fingerprint density at radius 3 is 1.25 bits per heavy atom. The zero-order valence-corrected chi connectivity index (χ0v) is 6.42. The van der Waals surface area contributed by atoms with Crippen molar-refractivity contribution in [2.24, 2.45) is 0 Å². The minimum atomic E-state index is 0. The Morgan fingerprint density at radius 2 is 1.25 bits per heavy atom. The molecular weight excluding hydrogens is 402 g/mol. The molecule has 0 saturated carbocycles. The monoisotopic (exact) mass is 406 g/mol. The molecule has 0 aliphatic heterocycles. The standard InChI is InChI=1S/Ba.FH.Gd.Y.2H/h;1H;;;;/q;;+1;;;/p-1. The Morgan fingerprint density at radius 1 is 1.25 bits per heavy atom. The molecule has 0 aromatic heterocycles. The van der Waals surface area contributed by atoms with Gasteiger partial charge in [-0.3, -0.25) is 0 Å². The van der Waals surface area contributed by atoms with Crippen LogP contribution in [0.25, 0.3) is 0 Å². The summed E-state index contributed by atoms with van der Waals surface area (Å²) in [7, 11) is 0. The molecule has 0 nitrogen and oxygen atoms in total. The second kappa shape index (κ2) is 15.8. The largest absolute Gasteiger partial charge is 0 e. The summed E-state index contributed by atoms with van der Waals surface area (Å²) in [5, 5.41) is 0. The minimum absolute atomic E-state index is 0. The maximum Gasteiger partial charge on any atom is 0 e. The Hall–Kier alpha value is 3.93. The van der Waals surface area contributed by atoms with Gasteiger partial charge in [0.2, 0.25) is 0 Å². The molecule has 4 heavy (non-hydrogen) atoms. The van der Waals surface area contributed by atoms with Gasteiger partial charge in [0.15, 0.2) is 0 Å². The Kier molecular flexibility index (Phi) is 61.8. The predicted molar refractivity (Wildman–Crippen MR) is 9.65 cm³/mol. The molecule has 0 aliphatic carbocycles. The zero-order valence-electron chi connectivity index (χ0n) is 1.31. The molecule has 0 unspecified atom stereocenters. The van der Waals surface area contributed by atoms with E-state index in [1.807, 2.05) is 0 Å². The smallest absolute Gasteiger partial charge is 0 e. The first-order chi connectivity index (χ1) is 1.00. The molecule has 0 aromatic carbocycles. The SMILES string of the molecule is [BaH2].[F][Gd].[Y]. The van der Waals surface area contributed by atoms with Gasteiger partial charge in [-0.15, -0.1) is 0 Å². The van der Waals surface area contributed by atoms with Crippen LogP contribution in [0.3, 0.4) is 0 Å². The third kappa shape index (κ3) is 9.33. The average molecular weight is 404 g/mol. The van der Waals surface area contributed by atoms with Crippen LogP contribution in [-0.4, -0.2) is 48.9 Å². The van der Waals surface area contributed by atoms with Gasteiger partial charge >= 0.3 is 88.7 Å². The van der Waals surface area contributed by atoms with Crippen LogP contribution in [0, 0.1) is 38.7 Å². The summed E-state index contributed by atoms with van der Waals surface area (Å²) >= 11 is 0.361. The van der Waals surface area contributed by atoms with Crippen LogP contribution < -0.4 is 0 Å². The fourth-order valence-corrected chi connectivity index (χ4v) is 0. The molecule has 0 spiro atoms. The van der Waals surface area contributed by atoms with E-state index in [0.29, 0.717) is 38.7 Å². The van der Waals surface area contributed by atoms with Gasteiger partial charge < -0.3 is 0 Å². The van der Waals surface area contributed by atoms with Gasteiger partial charge in [0.05, 0.1) is 0 Å². The van der Waals surface area contributed by atoms with Crippen molar-refractivity contribution in [2.45, 2.75) is 0 Å². The second-order valence-corrected chi connectivity index (χ2v) is 0. The fraction of sp³-hybridized carbons (Fsp3) is 0. The maximum absolute atomic E-state index is 9.53. The summed E-state index contributed by atoms with van der Waals surface area (Å²) < 4.78 is 9.53. The van der Waals surface area contributed by atoms with E-state index in [1.165, 1.54) is 0 Å². The molecule has 0 aromatic rings. The third-order valence-corrected chi connectivity index (χ3v) is 0. The molecule has 22 valence electrons. The molecular formula is H2BaFGdY. The molecule has 0 heterocycles. The zero-order chi connectivity index (χ0) is 2.00. The molecule has 0 N–H and O–H groups in total. The predicted octanol–water partition coefficient (Wildman–Crippen LogP) is -0.498. The summed E-state index contributed by atoms with van der Waals surface area (Å²) in [5.41, 5.74) is 0. The van der Waals surface area contributed by atoms with E-state index in [4.69, 9.17) is 0 Å².